The summed E-state index contributed by atoms with van der Waals surface area (Å²) in [7, 11) is 1.71. The number of nitrogens with zero attached hydrogens (tertiary/aromatic N) is 2. The molecular formula is C14H21N3O2S2. The van der Waals surface area contributed by atoms with Crippen LogP contribution in [-0.2, 0) is 4.74 Å². The number of methoxy groups -OCH3 is 1. The number of aldehydes is 1. The Hall–Kier alpha value is -1.05. The van der Waals surface area contributed by atoms with E-state index in [1.54, 1.807) is 18.4 Å². The van der Waals surface area contributed by atoms with Crippen LogP contribution >= 0.6 is 23.6 Å². The van der Waals surface area contributed by atoms with Crippen LogP contribution in [0.3, 0.4) is 0 Å². The van der Waals surface area contributed by atoms with Crippen molar-refractivity contribution in [3.8, 4) is 0 Å². The van der Waals surface area contributed by atoms with Crippen LogP contribution in [0.25, 0.3) is 0 Å². The molecule has 0 bridgehead atoms. The highest BCUT2D eigenvalue weighted by atomic mass is 32.1. The standard InChI is InChI=1S/C14H21N3O2S2/c1-19-8-2-5-15-14(20)17-6-3-11(4-7-17)13-16-12(9-18)10-21-13/h9-11H,2-8H2,1H3,(H,15,20). The Bertz CT molecular complexity index is 471. The van der Waals surface area contributed by atoms with Gasteiger partial charge in [0.1, 0.15) is 5.69 Å². The molecule has 116 valence electrons. The van der Waals surface area contributed by atoms with Gasteiger partial charge >= 0.3 is 0 Å². The molecule has 0 unspecified atom stereocenters. The number of hydrogen-bond donors (Lipinski definition) is 1. The molecule has 1 saturated heterocycles. The molecule has 0 amide bonds. The number of ether oxygens (including phenoxy) is 1. The second kappa shape index (κ2) is 8.41. The number of thiocarbonyl (C=S) groups is 1. The first-order chi connectivity index (χ1) is 10.2. The number of aromatic nitrogens is 1. The molecule has 0 atom stereocenters. The van der Waals surface area contributed by atoms with Crippen molar-refractivity contribution in [2.24, 2.45) is 0 Å². The fourth-order valence-electron chi connectivity index (χ4n) is 2.40. The molecule has 1 aromatic rings. The molecule has 0 spiro atoms. The Morgan fingerprint density at radius 1 is 1.62 bits per heavy atom. The summed E-state index contributed by atoms with van der Waals surface area (Å²) in [6, 6.07) is 0. The Morgan fingerprint density at radius 2 is 2.38 bits per heavy atom. The fourth-order valence-corrected chi connectivity index (χ4v) is 3.62. The van der Waals surface area contributed by atoms with Gasteiger partial charge in [-0.05, 0) is 31.5 Å². The van der Waals surface area contributed by atoms with Gasteiger partial charge in [0, 0.05) is 44.6 Å². The average Bonchev–Trinajstić information content (AvgIpc) is 3.00. The molecule has 2 rings (SSSR count). The Kier molecular flexibility index (Phi) is 6.53. The van der Waals surface area contributed by atoms with Crippen LogP contribution in [0, 0.1) is 0 Å². The van der Waals surface area contributed by atoms with Crippen LogP contribution < -0.4 is 5.32 Å². The molecule has 0 saturated carbocycles. The molecule has 1 fully saturated rings. The highest BCUT2D eigenvalue weighted by Crippen LogP contribution is 2.30. The number of carbonyl (C=O) groups excluding carboxylic acids is 1. The highest BCUT2D eigenvalue weighted by Gasteiger charge is 2.24. The van der Waals surface area contributed by atoms with Gasteiger partial charge in [-0.3, -0.25) is 4.79 Å². The Labute approximate surface area is 134 Å². The van der Waals surface area contributed by atoms with Crippen LogP contribution in [0.15, 0.2) is 5.38 Å². The van der Waals surface area contributed by atoms with Crippen LogP contribution in [0.4, 0.5) is 0 Å². The van der Waals surface area contributed by atoms with Crippen molar-refractivity contribution in [1.29, 1.82) is 0 Å². The highest BCUT2D eigenvalue weighted by molar-refractivity contribution is 7.80. The monoisotopic (exact) mass is 327 g/mol. The largest absolute Gasteiger partial charge is 0.385 e. The van der Waals surface area contributed by atoms with Gasteiger partial charge in [0.05, 0.1) is 5.01 Å². The van der Waals surface area contributed by atoms with Crippen LogP contribution in [-0.4, -0.2) is 54.6 Å². The Morgan fingerprint density at radius 3 is 3.00 bits per heavy atom. The number of likely N-dealkylation sites (tertiary alicyclic amines) is 1. The maximum absolute atomic E-state index is 10.7. The first-order valence-corrected chi connectivity index (χ1v) is 8.45. The minimum atomic E-state index is 0.455. The molecular weight excluding hydrogens is 306 g/mol. The van der Waals surface area contributed by atoms with E-state index < -0.39 is 0 Å². The third-order valence-electron chi connectivity index (χ3n) is 3.59. The fraction of sp³-hybridized carbons (Fsp3) is 0.643. The molecule has 0 radical (unpaired) electrons. The van der Waals surface area contributed by atoms with E-state index in [1.807, 2.05) is 5.38 Å². The molecule has 5 nitrogen and oxygen atoms in total. The van der Waals surface area contributed by atoms with E-state index in [1.165, 1.54) is 0 Å². The zero-order chi connectivity index (χ0) is 15.1. The summed E-state index contributed by atoms with van der Waals surface area (Å²) in [5.41, 5.74) is 0.549. The molecule has 0 aromatic carbocycles. The third-order valence-corrected chi connectivity index (χ3v) is 5.02. The number of nitrogens with one attached hydrogen (secondary N) is 1. The first kappa shape index (κ1) is 16.3. The summed E-state index contributed by atoms with van der Waals surface area (Å²) >= 11 is 7.00. The number of thiazole rings is 1. The summed E-state index contributed by atoms with van der Waals surface area (Å²) < 4.78 is 5.02. The smallest absolute Gasteiger partial charge is 0.169 e. The van der Waals surface area contributed by atoms with E-state index in [9.17, 15) is 4.79 Å². The van der Waals surface area contributed by atoms with E-state index in [2.05, 4.69) is 15.2 Å². The quantitative estimate of drug-likeness (QED) is 0.490. The minimum absolute atomic E-state index is 0.455. The van der Waals surface area contributed by atoms with E-state index in [4.69, 9.17) is 17.0 Å². The van der Waals surface area contributed by atoms with Gasteiger partial charge in [-0.25, -0.2) is 4.98 Å². The van der Waals surface area contributed by atoms with Gasteiger partial charge in [-0.1, -0.05) is 0 Å². The van der Waals surface area contributed by atoms with Crippen molar-refractivity contribution < 1.29 is 9.53 Å². The molecule has 1 N–H and O–H groups in total. The van der Waals surface area contributed by atoms with Crippen molar-refractivity contribution in [3.63, 3.8) is 0 Å². The van der Waals surface area contributed by atoms with Gasteiger partial charge in [-0.15, -0.1) is 11.3 Å². The molecule has 21 heavy (non-hydrogen) atoms. The third kappa shape index (κ3) is 4.72. The van der Waals surface area contributed by atoms with Crippen molar-refractivity contribution in [2.75, 3.05) is 33.4 Å². The number of carbonyl (C=O) groups is 1. The zero-order valence-electron chi connectivity index (χ0n) is 12.2. The number of rotatable bonds is 6. The molecule has 1 aliphatic heterocycles. The predicted octanol–water partition coefficient (Wildman–Crippen LogP) is 2.05. The van der Waals surface area contributed by atoms with E-state index in [0.29, 0.717) is 11.6 Å². The van der Waals surface area contributed by atoms with E-state index in [-0.39, 0.29) is 0 Å². The lowest BCUT2D eigenvalue weighted by Crippen LogP contribution is -2.44. The maximum atomic E-state index is 10.7. The molecule has 2 heterocycles. The van der Waals surface area contributed by atoms with Crippen LogP contribution in [0.1, 0.15) is 40.7 Å². The van der Waals surface area contributed by atoms with Crippen molar-refractivity contribution in [2.45, 2.75) is 25.2 Å². The summed E-state index contributed by atoms with van der Waals surface area (Å²) in [6.45, 7) is 3.48. The van der Waals surface area contributed by atoms with Gasteiger partial charge in [0.15, 0.2) is 11.4 Å². The predicted molar refractivity (Wildman–Crippen MR) is 88.1 cm³/mol. The summed E-state index contributed by atoms with van der Waals surface area (Å²) in [5.74, 6) is 0.455. The molecule has 1 aliphatic rings. The summed E-state index contributed by atoms with van der Waals surface area (Å²) in [6.07, 6.45) is 3.84. The molecule has 1 aromatic heterocycles. The summed E-state index contributed by atoms with van der Waals surface area (Å²) in [5, 5.41) is 7.01. The van der Waals surface area contributed by atoms with Gasteiger partial charge in [-0.2, -0.15) is 0 Å². The lowest BCUT2D eigenvalue weighted by atomic mass is 9.98. The summed E-state index contributed by atoms with van der Waals surface area (Å²) in [4.78, 5) is 17.3. The lowest BCUT2D eigenvalue weighted by molar-refractivity contribution is 0.111. The molecule has 7 heteroatoms. The van der Waals surface area contributed by atoms with Crippen molar-refractivity contribution in [1.82, 2.24) is 15.2 Å². The number of piperidine rings is 1. The van der Waals surface area contributed by atoms with Crippen molar-refractivity contribution >= 4 is 35.0 Å². The molecule has 0 aliphatic carbocycles. The second-order valence-corrected chi connectivity index (χ2v) is 6.34. The Balaban J connectivity index is 1.74. The SMILES string of the molecule is COCCCNC(=S)N1CCC(c2nc(C=O)cs2)CC1. The van der Waals surface area contributed by atoms with Gasteiger partial charge < -0.3 is 15.0 Å². The van der Waals surface area contributed by atoms with Crippen LogP contribution in [0.5, 0.6) is 0 Å². The van der Waals surface area contributed by atoms with Crippen molar-refractivity contribution in [3.05, 3.63) is 16.1 Å². The minimum Gasteiger partial charge on any atom is -0.385 e. The van der Waals surface area contributed by atoms with E-state index in [0.717, 1.165) is 61.9 Å². The first-order valence-electron chi connectivity index (χ1n) is 7.17. The van der Waals surface area contributed by atoms with Crippen LogP contribution in [0.2, 0.25) is 0 Å². The average molecular weight is 327 g/mol. The topological polar surface area (TPSA) is 54.5 Å². The zero-order valence-corrected chi connectivity index (χ0v) is 13.8. The van der Waals surface area contributed by atoms with Gasteiger partial charge in [0.2, 0.25) is 0 Å². The second-order valence-electron chi connectivity index (χ2n) is 5.07. The number of hydrogen-bond acceptors (Lipinski definition) is 5. The maximum Gasteiger partial charge on any atom is 0.169 e. The lowest BCUT2D eigenvalue weighted by Gasteiger charge is -2.33. The van der Waals surface area contributed by atoms with Gasteiger partial charge in [0.25, 0.3) is 0 Å². The normalized spacial score (nSPS) is 16.0. The van der Waals surface area contributed by atoms with E-state index >= 15 is 0 Å².